The number of aryl methyl sites for hydroxylation is 2. The summed E-state index contributed by atoms with van der Waals surface area (Å²) < 4.78 is 5.74. The smallest absolute Gasteiger partial charge is 0.252 e. The van der Waals surface area contributed by atoms with Gasteiger partial charge in [0.15, 0.2) is 6.10 Å². The second-order valence-corrected chi connectivity index (χ2v) is 11.5. The van der Waals surface area contributed by atoms with E-state index in [2.05, 4.69) is 27.8 Å². The molecule has 2 heterocycles. The number of carbonyl (C=O) groups excluding carboxylic acids is 2. The lowest BCUT2D eigenvalue weighted by Gasteiger charge is -2.27. The number of aromatic amines is 1. The van der Waals surface area contributed by atoms with E-state index in [4.69, 9.17) is 4.74 Å². The number of aliphatic hydroxyl groups is 1. The predicted molar refractivity (Wildman–Crippen MR) is 142 cm³/mol. The van der Waals surface area contributed by atoms with Crippen LogP contribution in [-0.4, -0.2) is 51.5 Å². The Morgan fingerprint density at radius 2 is 1.73 bits per heavy atom. The second-order valence-electron chi connectivity index (χ2n) is 11.5. The van der Waals surface area contributed by atoms with Crippen molar-refractivity contribution in [2.45, 2.75) is 90.6 Å². The first kappa shape index (κ1) is 25.9. The Morgan fingerprint density at radius 3 is 2.27 bits per heavy atom. The van der Waals surface area contributed by atoms with Crippen molar-refractivity contribution in [3.63, 3.8) is 0 Å². The molecule has 0 bridgehead atoms. The molecule has 2 aliphatic carbocycles. The number of carbonyl (C=O) groups is 2. The lowest BCUT2D eigenvalue weighted by molar-refractivity contribution is -0.128. The molecule has 8 heteroatoms. The minimum absolute atomic E-state index is 0.148. The summed E-state index contributed by atoms with van der Waals surface area (Å²) in [7, 11) is 0. The highest BCUT2D eigenvalue weighted by Crippen LogP contribution is 2.51. The van der Waals surface area contributed by atoms with Crippen LogP contribution in [0, 0.1) is 37.5 Å². The van der Waals surface area contributed by atoms with E-state index in [1.807, 2.05) is 38.1 Å². The lowest BCUT2D eigenvalue weighted by Crippen LogP contribution is -2.51. The van der Waals surface area contributed by atoms with Crippen molar-refractivity contribution in [3.05, 3.63) is 35.7 Å². The topological polar surface area (TPSA) is 120 Å². The molecular weight excluding hydrogens is 468 g/mol. The lowest BCUT2D eigenvalue weighted by atomic mass is 9.88. The van der Waals surface area contributed by atoms with Gasteiger partial charge >= 0.3 is 0 Å². The van der Waals surface area contributed by atoms with Gasteiger partial charge in [0.2, 0.25) is 5.91 Å². The molecule has 1 saturated heterocycles. The Bertz CT molecular complexity index is 1090. The van der Waals surface area contributed by atoms with Gasteiger partial charge in [-0.05, 0) is 101 Å². The van der Waals surface area contributed by atoms with Crippen molar-refractivity contribution in [1.29, 1.82) is 0 Å². The van der Waals surface area contributed by atoms with Gasteiger partial charge in [0, 0.05) is 16.9 Å². The largest absolute Gasteiger partial charge is 0.393 e. The van der Waals surface area contributed by atoms with Gasteiger partial charge in [-0.1, -0.05) is 19.1 Å². The van der Waals surface area contributed by atoms with Gasteiger partial charge in [0.25, 0.3) is 5.91 Å². The van der Waals surface area contributed by atoms with E-state index in [-0.39, 0.29) is 35.9 Å². The molecule has 200 valence electrons. The first-order valence-corrected chi connectivity index (χ1v) is 13.8. The molecule has 4 unspecified atom stereocenters. The summed E-state index contributed by atoms with van der Waals surface area (Å²) >= 11 is 0. The molecule has 2 amide bonds. The maximum absolute atomic E-state index is 13.6. The summed E-state index contributed by atoms with van der Waals surface area (Å²) in [5, 5.41) is 23.0. The van der Waals surface area contributed by atoms with Gasteiger partial charge in [-0.25, -0.2) is 0 Å². The number of anilines is 1. The summed E-state index contributed by atoms with van der Waals surface area (Å²) in [5.41, 5.74) is 4.78. The average Bonchev–Trinajstić information content (AvgIpc) is 3.73. The number of H-pyrrole nitrogens is 1. The number of hydrogen-bond acceptors (Lipinski definition) is 5. The molecule has 1 aliphatic heterocycles. The Balaban J connectivity index is 1.26. The van der Waals surface area contributed by atoms with Gasteiger partial charge < -0.3 is 20.5 Å². The number of nitrogens with zero attached hydrogens (tertiary/aromatic N) is 1. The first-order chi connectivity index (χ1) is 17.7. The van der Waals surface area contributed by atoms with Crippen molar-refractivity contribution < 1.29 is 19.4 Å². The number of amides is 2. The van der Waals surface area contributed by atoms with E-state index in [1.165, 1.54) is 0 Å². The van der Waals surface area contributed by atoms with Gasteiger partial charge in [0.05, 0.1) is 17.9 Å². The van der Waals surface area contributed by atoms with Crippen LogP contribution in [0.1, 0.15) is 63.8 Å². The van der Waals surface area contributed by atoms with Crippen LogP contribution >= 0.6 is 0 Å². The highest BCUT2D eigenvalue weighted by Gasteiger charge is 2.52. The highest BCUT2D eigenvalue weighted by molar-refractivity contribution is 5.98. The van der Waals surface area contributed by atoms with Crippen LogP contribution in [0.15, 0.2) is 24.3 Å². The van der Waals surface area contributed by atoms with Crippen molar-refractivity contribution in [3.8, 4) is 11.1 Å². The fourth-order valence-corrected chi connectivity index (χ4v) is 5.82. The molecule has 0 spiro atoms. The fraction of sp³-hybridized carbons (Fsp3) is 0.621. The molecule has 5 atom stereocenters. The molecular formula is C29H40N4O4. The van der Waals surface area contributed by atoms with Crippen LogP contribution in [0.25, 0.3) is 11.1 Å². The van der Waals surface area contributed by atoms with Gasteiger partial charge in [-0.3, -0.25) is 14.7 Å². The summed E-state index contributed by atoms with van der Waals surface area (Å²) in [6, 6.07) is 7.23. The standard InChI is InChI=1S/C29H40N4O4/c1-15(5-6-16(2)34)26-27(37-26)29(36)31-25(24(20-7-8-20)21-9-10-21)28(35)30-22-13-11-19(12-14-22)23-17(3)32-33-18(23)4/h11-16,20-21,24-27,34H,5-10H2,1-4H3,(H,30,35)(H,31,36)(H,32,33)/t15?,16?,25-,26?,27?/m0/s1. The third-order valence-electron chi connectivity index (χ3n) is 8.25. The van der Waals surface area contributed by atoms with Crippen LogP contribution < -0.4 is 10.6 Å². The number of benzene rings is 1. The zero-order valence-electron chi connectivity index (χ0n) is 22.3. The van der Waals surface area contributed by atoms with Crippen LogP contribution in [-0.2, 0) is 14.3 Å². The van der Waals surface area contributed by atoms with Crippen molar-refractivity contribution >= 4 is 17.5 Å². The number of rotatable bonds is 12. The monoisotopic (exact) mass is 508 g/mol. The molecule has 2 aromatic rings. The summed E-state index contributed by atoms with van der Waals surface area (Å²) in [6.07, 6.45) is 4.96. The van der Waals surface area contributed by atoms with Crippen LogP contribution in [0.5, 0.6) is 0 Å². The molecule has 4 N–H and O–H groups in total. The number of aliphatic hydroxyl groups excluding tert-OH is 1. The molecule has 0 radical (unpaired) electrons. The van der Waals surface area contributed by atoms with E-state index < -0.39 is 12.1 Å². The van der Waals surface area contributed by atoms with Crippen LogP contribution in [0.3, 0.4) is 0 Å². The van der Waals surface area contributed by atoms with Crippen LogP contribution in [0.4, 0.5) is 5.69 Å². The van der Waals surface area contributed by atoms with E-state index >= 15 is 0 Å². The molecule has 1 aromatic carbocycles. The normalized spacial score (nSPS) is 23.4. The summed E-state index contributed by atoms with van der Waals surface area (Å²) in [5.74, 6) is 1.00. The van der Waals surface area contributed by atoms with Crippen LogP contribution in [0.2, 0.25) is 0 Å². The predicted octanol–water partition coefficient (Wildman–Crippen LogP) is 4.12. The van der Waals surface area contributed by atoms with Crippen molar-refractivity contribution in [1.82, 2.24) is 15.5 Å². The SMILES string of the molecule is Cc1n[nH]c(C)c1-c1ccc(NC(=O)[C@@H](NC(=O)C2OC2C(C)CCC(C)O)C(C2CC2)C2CC2)cc1. The van der Waals surface area contributed by atoms with Crippen molar-refractivity contribution in [2.24, 2.45) is 23.7 Å². The maximum atomic E-state index is 13.6. The third-order valence-corrected chi connectivity index (χ3v) is 8.25. The molecule has 3 fully saturated rings. The molecule has 2 saturated carbocycles. The fourth-order valence-electron chi connectivity index (χ4n) is 5.82. The third kappa shape index (κ3) is 6.07. The number of hydrogen-bond donors (Lipinski definition) is 4. The Labute approximate surface area is 218 Å². The molecule has 8 nitrogen and oxygen atoms in total. The zero-order valence-corrected chi connectivity index (χ0v) is 22.3. The van der Waals surface area contributed by atoms with Gasteiger partial charge in [-0.2, -0.15) is 5.10 Å². The average molecular weight is 509 g/mol. The zero-order chi connectivity index (χ0) is 26.3. The second kappa shape index (κ2) is 10.6. The molecule has 1 aromatic heterocycles. The number of aromatic nitrogens is 2. The Morgan fingerprint density at radius 1 is 1.08 bits per heavy atom. The summed E-state index contributed by atoms with van der Waals surface area (Å²) in [4.78, 5) is 26.8. The Hall–Kier alpha value is -2.71. The molecule has 37 heavy (non-hydrogen) atoms. The number of epoxide rings is 1. The van der Waals surface area contributed by atoms with Gasteiger partial charge in [-0.15, -0.1) is 0 Å². The Kier molecular flexibility index (Phi) is 7.41. The molecule has 3 aliphatic rings. The first-order valence-electron chi connectivity index (χ1n) is 13.8. The van der Waals surface area contributed by atoms with Gasteiger partial charge in [0.1, 0.15) is 6.04 Å². The maximum Gasteiger partial charge on any atom is 0.252 e. The van der Waals surface area contributed by atoms with E-state index in [1.54, 1.807) is 6.92 Å². The minimum atomic E-state index is -0.567. The van der Waals surface area contributed by atoms with E-state index in [9.17, 15) is 14.7 Å². The number of ether oxygens (including phenoxy) is 1. The number of nitrogens with one attached hydrogen (secondary N) is 3. The molecule has 5 rings (SSSR count). The highest BCUT2D eigenvalue weighted by atomic mass is 16.6. The van der Waals surface area contributed by atoms with Crippen molar-refractivity contribution in [2.75, 3.05) is 5.32 Å². The summed E-state index contributed by atoms with van der Waals surface area (Å²) in [6.45, 7) is 7.80. The van der Waals surface area contributed by atoms with E-state index in [0.717, 1.165) is 54.6 Å². The quantitative estimate of drug-likeness (QED) is 0.322. The van der Waals surface area contributed by atoms with E-state index in [0.29, 0.717) is 23.9 Å². The minimum Gasteiger partial charge on any atom is -0.393 e.